The van der Waals surface area contributed by atoms with Gasteiger partial charge in [-0.2, -0.15) is 0 Å². The summed E-state index contributed by atoms with van der Waals surface area (Å²) in [6.45, 7) is 6.23. The summed E-state index contributed by atoms with van der Waals surface area (Å²) in [5.41, 5.74) is 4.02. The molecule has 2 aromatic heterocycles. The first kappa shape index (κ1) is 15.1. The molecule has 0 spiro atoms. The quantitative estimate of drug-likeness (QED) is 0.783. The number of aromatic nitrogens is 2. The van der Waals surface area contributed by atoms with Gasteiger partial charge in [-0.1, -0.05) is 12.1 Å². The molecule has 0 fully saturated rings. The van der Waals surface area contributed by atoms with Gasteiger partial charge >= 0.3 is 5.97 Å². The van der Waals surface area contributed by atoms with Gasteiger partial charge in [0.15, 0.2) is 0 Å². The Morgan fingerprint density at radius 1 is 1.09 bits per heavy atom. The Labute approximate surface area is 134 Å². The highest BCUT2D eigenvalue weighted by Crippen LogP contribution is 2.23. The predicted octanol–water partition coefficient (Wildman–Crippen LogP) is 3.55. The summed E-state index contributed by atoms with van der Waals surface area (Å²) >= 11 is 0. The van der Waals surface area contributed by atoms with E-state index in [1.165, 1.54) is 5.69 Å². The van der Waals surface area contributed by atoms with E-state index in [0.717, 1.165) is 30.0 Å². The molecule has 118 valence electrons. The van der Waals surface area contributed by atoms with Gasteiger partial charge < -0.3 is 14.4 Å². The fourth-order valence-electron chi connectivity index (χ4n) is 2.69. The van der Waals surface area contributed by atoms with Gasteiger partial charge in [0, 0.05) is 36.7 Å². The van der Waals surface area contributed by atoms with Crippen LogP contribution in [-0.2, 0) is 0 Å². The lowest BCUT2D eigenvalue weighted by atomic mass is 10.1. The average molecular weight is 309 g/mol. The maximum absolute atomic E-state index is 11.0. The number of hydrogen-bond acceptors (Lipinski definition) is 3. The molecule has 0 bridgehead atoms. The van der Waals surface area contributed by atoms with Gasteiger partial charge in [0.1, 0.15) is 5.65 Å². The van der Waals surface area contributed by atoms with Crippen molar-refractivity contribution in [3.63, 3.8) is 0 Å². The molecular formula is C18H19N3O2. The van der Waals surface area contributed by atoms with Gasteiger partial charge in [-0.3, -0.25) is 0 Å². The monoisotopic (exact) mass is 309 g/mol. The molecule has 0 saturated heterocycles. The average Bonchev–Trinajstić information content (AvgIpc) is 2.99. The molecule has 3 aromatic rings. The molecule has 0 unspecified atom stereocenters. The summed E-state index contributed by atoms with van der Waals surface area (Å²) in [6, 6.07) is 11.6. The Bertz CT molecular complexity index is 833. The second-order valence-electron chi connectivity index (χ2n) is 5.33. The summed E-state index contributed by atoms with van der Waals surface area (Å²) in [7, 11) is 0. The van der Waals surface area contributed by atoms with Crippen molar-refractivity contribution >= 4 is 17.3 Å². The maximum atomic E-state index is 11.0. The van der Waals surface area contributed by atoms with Gasteiger partial charge in [0.05, 0.1) is 11.3 Å². The normalized spacial score (nSPS) is 10.9. The van der Waals surface area contributed by atoms with Gasteiger partial charge in [-0.05, 0) is 38.1 Å². The number of carbonyl (C=O) groups is 1. The van der Waals surface area contributed by atoms with E-state index in [-0.39, 0.29) is 5.56 Å². The molecule has 3 rings (SSSR count). The first-order valence-electron chi connectivity index (χ1n) is 7.69. The Morgan fingerprint density at radius 2 is 1.78 bits per heavy atom. The molecule has 23 heavy (non-hydrogen) atoms. The van der Waals surface area contributed by atoms with Crippen molar-refractivity contribution < 1.29 is 9.90 Å². The van der Waals surface area contributed by atoms with Crippen molar-refractivity contribution in [2.45, 2.75) is 13.8 Å². The fourth-order valence-corrected chi connectivity index (χ4v) is 2.69. The van der Waals surface area contributed by atoms with Crippen molar-refractivity contribution in [2.75, 3.05) is 18.0 Å². The lowest BCUT2D eigenvalue weighted by Crippen LogP contribution is -2.21. The van der Waals surface area contributed by atoms with Crippen molar-refractivity contribution in [3.05, 3.63) is 54.4 Å². The highest BCUT2D eigenvalue weighted by Gasteiger charge is 2.08. The van der Waals surface area contributed by atoms with Crippen LogP contribution in [0.15, 0.2) is 48.8 Å². The molecule has 0 aliphatic carbocycles. The van der Waals surface area contributed by atoms with E-state index in [2.05, 4.69) is 35.9 Å². The third-order valence-corrected chi connectivity index (χ3v) is 3.99. The molecule has 1 N–H and O–H groups in total. The van der Waals surface area contributed by atoms with Crippen LogP contribution in [0.25, 0.3) is 16.9 Å². The number of benzene rings is 1. The zero-order chi connectivity index (χ0) is 16.4. The largest absolute Gasteiger partial charge is 0.478 e. The van der Waals surface area contributed by atoms with Crippen LogP contribution in [0.5, 0.6) is 0 Å². The molecule has 2 heterocycles. The van der Waals surface area contributed by atoms with Crippen LogP contribution in [0.4, 0.5) is 5.69 Å². The van der Waals surface area contributed by atoms with Crippen LogP contribution in [-0.4, -0.2) is 33.6 Å². The highest BCUT2D eigenvalue weighted by atomic mass is 16.4. The van der Waals surface area contributed by atoms with Crippen LogP contribution in [0.1, 0.15) is 24.2 Å². The van der Waals surface area contributed by atoms with E-state index in [1.807, 2.05) is 18.3 Å². The smallest absolute Gasteiger partial charge is 0.337 e. The van der Waals surface area contributed by atoms with E-state index in [9.17, 15) is 4.79 Å². The summed E-state index contributed by atoms with van der Waals surface area (Å²) in [6.07, 6.45) is 3.44. The molecule has 5 nitrogen and oxygen atoms in total. The number of imidazole rings is 1. The number of rotatable bonds is 5. The molecule has 0 saturated carbocycles. The Kier molecular flexibility index (Phi) is 4.02. The highest BCUT2D eigenvalue weighted by molar-refractivity contribution is 5.87. The van der Waals surface area contributed by atoms with E-state index >= 15 is 0 Å². The molecule has 0 amide bonds. The van der Waals surface area contributed by atoms with E-state index in [1.54, 1.807) is 22.7 Å². The summed E-state index contributed by atoms with van der Waals surface area (Å²) in [5, 5.41) is 9.06. The number of aromatic carboxylic acids is 1. The molecule has 0 aliphatic heterocycles. The Hall–Kier alpha value is -2.82. The van der Waals surface area contributed by atoms with Gasteiger partial charge in [0.25, 0.3) is 0 Å². The fraction of sp³-hybridized carbons (Fsp3) is 0.222. The SMILES string of the molecule is CCN(CC)c1ccc(-c2cn3cc(C(=O)O)ccc3n2)cc1. The van der Waals surface area contributed by atoms with Crippen molar-refractivity contribution in [1.82, 2.24) is 9.38 Å². The van der Waals surface area contributed by atoms with Crippen LogP contribution in [0, 0.1) is 0 Å². The van der Waals surface area contributed by atoms with E-state index in [0.29, 0.717) is 0 Å². The molecule has 0 atom stereocenters. The topological polar surface area (TPSA) is 57.8 Å². The summed E-state index contributed by atoms with van der Waals surface area (Å²) in [4.78, 5) is 17.9. The number of fused-ring (bicyclic) bond motifs is 1. The number of hydrogen-bond donors (Lipinski definition) is 1. The first-order chi connectivity index (χ1) is 11.1. The van der Waals surface area contributed by atoms with E-state index < -0.39 is 5.97 Å². The van der Waals surface area contributed by atoms with Gasteiger partial charge in [-0.25, -0.2) is 9.78 Å². The van der Waals surface area contributed by atoms with Crippen molar-refractivity contribution in [3.8, 4) is 11.3 Å². The van der Waals surface area contributed by atoms with Crippen LogP contribution in [0.2, 0.25) is 0 Å². The Morgan fingerprint density at radius 3 is 2.39 bits per heavy atom. The lowest BCUT2D eigenvalue weighted by molar-refractivity contribution is 0.0696. The molecular weight excluding hydrogens is 290 g/mol. The number of carboxylic acid groups (broad SMARTS) is 1. The van der Waals surface area contributed by atoms with Crippen LogP contribution in [0.3, 0.4) is 0 Å². The minimum Gasteiger partial charge on any atom is -0.478 e. The standard InChI is InChI=1S/C18H19N3O2/c1-3-20(4-2)15-8-5-13(6-9-15)16-12-21-11-14(18(22)23)7-10-17(21)19-16/h5-12H,3-4H2,1-2H3,(H,22,23). The number of carboxylic acids is 1. The molecule has 0 aliphatic rings. The maximum Gasteiger partial charge on any atom is 0.337 e. The Balaban J connectivity index is 1.95. The van der Waals surface area contributed by atoms with Crippen molar-refractivity contribution in [1.29, 1.82) is 0 Å². The van der Waals surface area contributed by atoms with Crippen molar-refractivity contribution in [2.24, 2.45) is 0 Å². The first-order valence-corrected chi connectivity index (χ1v) is 7.69. The predicted molar refractivity (Wildman–Crippen MR) is 91.1 cm³/mol. The molecule has 1 aromatic carbocycles. The summed E-state index contributed by atoms with van der Waals surface area (Å²) in [5.74, 6) is -0.939. The number of pyridine rings is 1. The van der Waals surface area contributed by atoms with Crippen LogP contribution < -0.4 is 4.90 Å². The number of nitrogens with zero attached hydrogens (tertiary/aromatic N) is 3. The van der Waals surface area contributed by atoms with E-state index in [4.69, 9.17) is 5.11 Å². The third-order valence-electron chi connectivity index (χ3n) is 3.99. The van der Waals surface area contributed by atoms with Gasteiger partial charge in [0.2, 0.25) is 0 Å². The van der Waals surface area contributed by atoms with Crippen LogP contribution >= 0.6 is 0 Å². The summed E-state index contributed by atoms with van der Waals surface area (Å²) < 4.78 is 1.75. The zero-order valence-electron chi connectivity index (χ0n) is 13.2. The zero-order valence-corrected chi connectivity index (χ0v) is 13.2. The lowest BCUT2D eigenvalue weighted by Gasteiger charge is -2.20. The second-order valence-corrected chi connectivity index (χ2v) is 5.33. The van der Waals surface area contributed by atoms with Gasteiger partial charge in [-0.15, -0.1) is 0 Å². The third kappa shape index (κ3) is 2.90. The number of anilines is 1. The molecule has 5 heteroatoms. The minimum absolute atomic E-state index is 0.248. The minimum atomic E-state index is -0.939. The molecule has 0 radical (unpaired) electrons. The second kappa shape index (κ2) is 6.12.